The molecular formula is C23H30N6O. The average molecular weight is 407 g/mol. The maximum absolute atomic E-state index is 13.5. The number of carbonyl (C=O) groups excluding carboxylic acids is 1. The van der Waals surface area contributed by atoms with E-state index >= 15 is 0 Å². The molecule has 0 radical (unpaired) electrons. The van der Waals surface area contributed by atoms with Gasteiger partial charge in [0.05, 0.1) is 17.7 Å². The second-order valence-corrected chi connectivity index (χ2v) is 8.61. The van der Waals surface area contributed by atoms with E-state index in [2.05, 4.69) is 14.9 Å². The lowest BCUT2D eigenvalue weighted by Crippen LogP contribution is -2.54. The van der Waals surface area contributed by atoms with Crippen LogP contribution in [0.2, 0.25) is 0 Å². The lowest BCUT2D eigenvalue weighted by molar-refractivity contribution is -0.147. The third kappa shape index (κ3) is 3.88. The molecule has 2 aliphatic heterocycles. The van der Waals surface area contributed by atoms with Crippen LogP contribution in [0.1, 0.15) is 42.6 Å². The van der Waals surface area contributed by atoms with Gasteiger partial charge in [0.1, 0.15) is 0 Å². The topological polar surface area (TPSA) is 99.2 Å². The molecule has 0 atom stereocenters. The van der Waals surface area contributed by atoms with Crippen molar-refractivity contribution in [3.05, 3.63) is 47.3 Å². The summed E-state index contributed by atoms with van der Waals surface area (Å²) in [6, 6.07) is 9.37. The largest absolute Gasteiger partial charge is 0.398 e. The molecule has 0 aliphatic carbocycles. The van der Waals surface area contributed by atoms with Crippen molar-refractivity contribution in [2.24, 2.45) is 5.41 Å². The number of anilines is 2. The molecule has 2 saturated heterocycles. The van der Waals surface area contributed by atoms with Crippen LogP contribution in [-0.4, -0.2) is 52.7 Å². The minimum absolute atomic E-state index is 0.189. The van der Waals surface area contributed by atoms with Gasteiger partial charge in [0.15, 0.2) is 0 Å². The number of carbonyl (C=O) groups is 1. The number of rotatable bonds is 4. The smallest absolute Gasteiger partial charge is 0.229 e. The quantitative estimate of drug-likeness (QED) is 0.601. The van der Waals surface area contributed by atoms with Crippen molar-refractivity contribution in [3.8, 4) is 0 Å². The summed E-state index contributed by atoms with van der Waals surface area (Å²) >= 11 is 0. The minimum atomic E-state index is -0.323. The number of likely N-dealkylation sites (tertiary alicyclic amines) is 1. The van der Waals surface area contributed by atoms with Gasteiger partial charge in [0.25, 0.3) is 0 Å². The lowest BCUT2D eigenvalue weighted by Gasteiger charge is -2.46. The first-order chi connectivity index (χ1) is 14.4. The Morgan fingerprint density at radius 1 is 1.10 bits per heavy atom. The molecule has 7 heteroatoms. The van der Waals surface area contributed by atoms with Crippen LogP contribution in [0.15, 0.2) is 30.3 Å². The van der Waals surface area contributed by atoms with Gasteiger partial charge in [-0.05, 0) is 51.7 Å². The fourth-order valence-electron chi connectivity index (χ4n) is 4.80. The number of para-hydroxylation sites is 1. The number of hydrogen-bond acceptors (Lipinski definition) is 6. The van der Waals surface area contributed by atoms with Crippen molar-refractivity contribution in [2.75, 3.05) is 36.8 Å². The number of amides is 1. The van der Waals surface area contributed by atoms with Gasteiger partial charge in [-0.25, -0.2) is 9.97 Å². The molecule has 30 heavy (non-hydrogen) atoms. The van der Waals surface area contributed by atoms with Crippen molar-refractivity contribution >= 4 is 23.3 Å². The SMILES string of the molecule is Cc1cc(C)nc(N2CCC3(CCCN(CC(=N)c4ccccc4N)C3=O)CC2)n1. The zero-order chi connectivity index (χ0) is 21.3. The van der Waals surface area contributed by atoms with Gasteiger partial charge in [-0.15, -0.1) is 0 Å². The predicted octanol–water partition coefficient (Wildman–Crippen LogP) is 2.95. The second kappa shape index (κ2) is 8.05. The second-order valence-electron chi connectivity index (χ2n) is 8.61. The first-order valence-electron chi connectivity index (χ1n) is 10.7. The maximum atomic E-state index is 13.5. The van der Waals surface area contributed by atoms with E-state index in [9.17, 15) is 4.79 Å². The Labute approximate surface area is 177 Å². The summed E-state index contributed by atoms with van der Waals surface area (Å²) < 4.78 is 0. The van der Waals surface area contributed by atoms with E-state index in [1.165, 1.54) is 0 Å². The molecule has 3 N–H and O–H groups in total. The van der Waals surface area contributed by atoms with E-state index < -0.39 is 0 Å². The Hall–Kier alpha value is -2.96. The number of nitrogens with two attached hydrogens (primary N) is 1. The Balaban J connectivity index is 1.44. The number of benzene rings is 1. The monoisotopic (exact) mass is 406 g/mol. The third-order valence-corrected chi connectivity index (χ3v) is 6.43. The lowest BCUT2D eigenvalue weighted by atomic mass is 9.71. The summed E-state index contributed by atoms with van der Waals surface area (Å²) in [4.78, 5) is 26.7. The first-order valence-corrected chi connectivity index (χ1v) is 10.7. The highest BCUT2D eigenvalue weighted by Gasteiger charge is 2.46. The normalized spacial score (nSPS) is 18.7. The first kappa shape index (κ1) is 20.3. The molecule has 2 aromatic rings. The fourth-order valence-corrected chi connectivity index (χ4v) is 4.80. The van der Waals surface area contributed by atoms with E-state index in [1.54, 1.807) is 6.07 Å². The highest BCUT2D eigenvalue weighted by Crippen LogP contribution is 2.41. The number of nitrogens with zero attached hydrogens (tertiary/aromatic N) is 4. The van der Waals surface area contributed by atoms with Crippen LogP contribution in [0.4, 0.5) is 11.6 Å². The molecule has 0 saturated carbocycles. The van der Waals surface area contributed by atoms with Gasteiger partial charge in [-0.1, -0.05) is 18.2 Å². The number of aromatic nitrogens is 2. The van der Waals surface area contributed by atoms with E-state index in [-0.39, 0.29) is 11.3 Å². The Morgan fingerprint density at radius 3 is 2.43 bits per heavy atom. The predicted molar refractivity (Wildman–Crippen MR) is 119 cm³/mol. The number of hydrogen-bond donors (Lipinski definition) is 2. The summed E-state index contributed by atoms with van der Waals surface area (Å²) in [5.41, 5.74) is 9.35. The van der Waals surface area contributed by atoms with Gasteiger partial charge in [-0.3, -0.25) is 4.79 Å². The van der Waals surface area contributed by atoms with Crippen molar-refractivity contribution in [1.82, 2.24) is 14.9 Å². The summed E-state index contributed by atoms with van der Waals surface area (Å²) in [7, 11) is 0. The van der Waals surface area contributed by atoms with E-state index in [0.29, 0.717) is 30.1 Å². The molecule has 1 amide bonds. The zero-order valence-electron chi connectivity index (χ0n) is 17.8. The molecule has 2 fully saturated rings. The zero-order valence-corrected chi connectivity index (χ0v) is 17.8. The molecule has 4 rings (SSSR count). The van der Waals surface area contributed by atoms with Crippen LogP contribution in [-0.2, 0) is 4.79 Å². The number of aryl methyl sites for hydroxylation is 2. The molecule has 158 valence electrons. The molecule has 0 bridgehead atoms. The van der Waals surface area contributed by atoms with Crippen LogP contribution in [0.5, 0.6) is 0 Å². The van der Waals surface area contributed by atoms with E-state index in [4.69, 9.17) is 11.1 Å². The molecule has 1 aromatic heterocycles. The van der Waals surface area contributed by atoms with Gasteiger partial charge in [0.2, 0.25) is 11.9 Å². The van der Waals surface area contributed by atoms with Gasteiger partial charge >= 0.3 is 0 Å². The summed E-state index contributed by atoms with van der Waals surface area (Å²) in [6.45, 7) is 6.57. The molecule has 0 unspecified atom stereocenters. The Morgan fingerprint density at radius 2 is 1.77 bits per heavy atom. The molecule has 1 spiro atoms. The number of nitrogens with one attached hydrogen (secondary N) is 1. The Kier molecular flexibility index (Phi) is 5.45. The minimum Gasteiger partial charge on any atom is -0.398 e. The van der Waals surface area contributed by atoms with Crippen LogP contribution in [0.25, 0.3) is 0 Å². The van der Waals surface area contributed by atoms with E-state index in [1.807, 2.05) is 43.0 Å². The summed E-state index contributed by atoms with van der Waals surface area (Å²) in [6.07, 6.45) is 3.51. The number of piperidine rings is 2. The molecule has 2 aliphatic rings. The van der Waals surface area contributed by atoms with Gasteiger partial charge < -0.3 is 20.9 Å². The fraction of sp³-hybridized carbons (Fsp3) is 0.478. The Bertz CT molecular complexity index is 944. The highest BCUT2D eigenvalue weighted by atomic mass is 16.2. The van der Waals surface area contributed by atoms with Crippen LogP contribution < -0.4 is 10.6 Å². The van der Waals surface area contributed by atoms with Crippen molar-refractivity contribution in [1.29, 1.82) is 5.41 Å². The molecular weight excluding hydrogens is 376 g/mol. The van der Waals surface area contributed by atoms with Crippen LogP contribution >= 0.6 is 0 Å². The third-order valence-electron chi connectivity index (χ3n) is 6.43. The number of nitrogen functional groups attached to an aromatic ring is 1. The van der Waals surface area contributed by atoms with Gasteiger partial charge in [0, 0.05) is 42.3 Å². The summed E-state index contributed by atoms with van der Waals surface area (Å²) in [5.74, 6) is 0.956. The van der Waals surface area contributed by atoms with Crippen molar-refractivity contribution < 1.29 is 4.79 Å². The van der Waals surface area contributed by atoms with Gasteiger partial charge in [-0.2, -0.15) is 0 Å². The van der Waals surface area contributed by atoms with Crippen LogP contribution in [0, 0.1) is 24.7 Å². The highest BCUT2D eigenvalue weighted by molar-refractivity contribution is 6.05. The van der Waals surface area contributed by atoms with E-state index in [0.717, 1.165) is 56.1 Å². The maximum Gasteiger partial charge on any atom is 0.229 e. The summed E-state index contributed by atoms with van der Waals surface area (Å²) in [5, 5.41) is 8.49. The molecule has 3 heterocycles. The molecule has 1 aromatic carbocycles. The van der Waals surface area contributed by atoms with Crippen molar-refractivity contribution in [2.45, 2.75) is 39.5 Å². The molecule has 7 nitrogen and oxygen atoms in total. The standard InChI is InChI=1S/C23H30N6O/c1-16-14-17(2)27-22(26-16)28-12-9-23(10-13-28)8-5-11-29(21(23)30)15-20(25)18-6-3-4-7-19(18)24/h3-4,6-7,14,25H,5,8-13,15,24H2,1-2H3. The van der Waals surface area contributed by atoms with Crippen LogP contribution in [0.3, 0.4) is 0 Å². The average Bonchev–Trinajstić information content (AvgIpc) is 2.71. The van der Waals surface area contributed by atoms with Crippen molar-refractivity contribution in [3.63, 3.8) is 0 Å².